The number of nitrogens with zero attached hydrogens (tertiary/aromatic N) is 2. The number of thioether (sulfide) groups is 1. The van der Waals surface area contributed by atoms with Crippen molar-refractivity contribution in [3.63, 3.8) is 0 Å². The first kappa shape index (κ1) is 22.7. The van der Waals surface area contributed by atoms with Crippen LogP contribution in [0.3, 0.4) is 0 Å². The van der Waals surface area contributed by atoms with E-state index in [4.69, 9.17) is 9.47 Å². The fourth-order valence-corrected chi connectivity index (χ4v) is 7.66. The number of para-hydroxylation sites is 1. The van der Waals surface area contributed by atoms with Gasteiger partial charge in [0, 0.05) is 17.0 Å². The van der Waals surface area contributed by atoms with Crippen molar-refractivity contribution < 1.29 is 22.7 Å². The Morgan fingerprint density at radius 1 is 1.09 bits per heavy atom. The predicted octanol–water partition coefficient (Wildman–Crippen LogP) is 3.55. The van der Waals surface area contributed by atoms with Crippen LogP contribution in [0.15, 0.2) is 59.6 Å². The van der Waals surface area contributed by atoms with Gasteiger partial charge >= 0.3 is 0 Å². The van der Waals surface area contributed by atoms with Gasteiger partial charge in [-0.25, -0.2) is 8.42 Å². The molecule has 1 amide bonds. The smallest absolute Gasteiger partial charge is 0.285 e. The van der Waals surface area contributed by atoms with Crippen LogP contribution in [0.2, 0.25) is 0 Å². The zero-order chi connectivity index (χ0) is 22.6. The molecule has 0 saturated carbocycles. The second-order valence-electron chi connectivity index (χ2n) is 7.76. The SMILES string of the molecule is CCCCOc1cccc(N2C(=NC(=O)COc3ccccc3)SC3CS(=O)(=O)CC32)c1. The number of sulfone groups is 1. The minimum atomic E-state index is -3.13. The number of ether oxygens (including phenoxy) is 2. The third-order valence-electron chi connectivity index (χ3n) is 5.25. The molecule has 9 heteroatoms. The van der Waals surface area contributed by atoms with E-state index in [1.165, 1.54) is 11.8 Å². The highest BCUT2D eigenvalue weighted by atomic mass is 32.2. The van der Waals surface area contributed by atoms with Crippen molar-refractivity contribution >= 4 is 38.4 Å². The molecule has 170 valence electrons. The van der Waals surface area contributed by atoms with Gasteiger partial charge in [0.15, 0.2) is 21.6 Å². The van der Waals surface area contributed by atoms with E-state index in [2.05, 4.69) is 11.9 Å². The van der Waals surface area contributed by atoms with Gasteiger partial charge in [-0.05, 0) is 30.7 Å². The summed E-state index contributed by atoms with van der Waals surface area (Å²) in [6.07, 6.45) is 1.99. The summed E-state index contributed by atoms with van der Waals surface area (Å²) in [5.41, 5.74) is 0.770. The lowest BCUT2D eigenvalue weighted by Gasteiger charge is -2.25. The molecule has 2 heterocycles. The summed E-state index contributed by atoms with van der Waals surface area (Å²) >= 11 is 1.34. The molecule has 4 rings (SSSR count). The van der Waals surface area contributed by atoms with Crippen LogP contribution in [0.4, 0.5) is 5.69 Å². The minimum absolute atomic E-state index is 0.0410. The first-order chi connectivity index (χ1) is 15.4. The van der Waals surface area contributed by atoms with Crippen LogP contribution in [0.1, 0.15) is 19.8 Å². The van der Waals surface area contributed by atoms with Crippen LogP contribution in [0.25, 0.3) is 0 Å². The number of aliphatic imine (C=N–C) groups is 1. The molecule has 0 aromatic heterocycles. The van der Waals surface area contributed by atoms with Crippen LogP contribution >= 0.6 is 11.8 Å². The van der Waals surface area contributed by atoms with Gasteiger partial charge in [-0.3, -0.25) is 4.79 Å². The Kier molecular flexibility index (Phi) is 7.05. The van der Waals surface area contributed by atoms with Crippen molar-refractivity contribution in [1.82, 2.24) is 0 Å². The summed E-state index contributed by atoms with van der Waals surface area (Å²) < 4.78 is 35.9. The predicted molar refractivity (Wildman–Crippen MR) is 128 cm³/mol. The summed E-state index contributed by atoms with van der Waals surface area (Å²) in [7, 11) is -3.13. The lowest BCUT2D eigenvalue weighted by Crippen LogP contribution is -2.37. The Balaban J connectivity index is 1.55. The highest BCUT2D eigenvalue weighted by molar-refractivity contribution is 8.16. The van der Waals surface area contributed by atoms with E-state index >= 15 is 0 Å². The summed E-state index contributed by atoms with van der Waals surface area (Å²) in [6.45, 7) is 2.53. The highest BCUT2D eigenvalue weighted by Gasteiger charge is 2.49. The summed E-state index contributed by atoms with van der Waals surface area (Å²) in [4.78, 5) is 18.7. The van der Waals surface area contributed by atoms with E-state index in [1.54, 1.807) is 12.1 Å². The quantitative estimate of drug-likeness (QED) is 0.541. The molecule has 0 bridgehead atoms. The number of carbonyl (C=O) groups is 1. The Hall–Kier alpha value is -2.52. The summed E-state index contributed by atoms with van der Waals surface area (Å²) in [5.74, 6) is 1.01. The lowest BCUT2D eigenvalue weighted by atomic mass is 10.2. The maximum atomic E-state index is 12.5. The van der Waals surface area contributed by atoms with E-state index < -0.39 is 15.7 Å². The van der Waals surface area contributed by atoms with Gasteiger partial charge < -0.3 is 14.4 Å². The largest absolute Gasteiger partial charge is 0.494 e. The maximum absolute atomic E-state index is 12.5. The monoisotopic (exact) mass is 474 g/mol. The number of amidine groups is 1. The van der Waals surface area contributed by atoms with E-state index in [0.29, 0.717) is 23.3 Å². The van der Waals surface area contributed by atoms with Gasteiger partial charge in [0.1, 0.15) is 11.5 Å². The average molecular weight is 475 g/mol. The fraction of sp³-hybridized carbons (Fsp3) is 0.391. The van der Waals surface area contributed by atoms with Crippen molar-refractivity contribution in [3.8, 4) is 11.5 Å². The molecule has 0 spiro atoms. The van der Waals surface area contributed by atoms with Crippen LogP contribution in [0.5, 0.6) is 11.5 Å². The standard InChI is InChI=1S/C23H26N2O5S2/c1-2-3-12-29-19-11-7-8-17(13-19)25-20-15-32(27,28)16-21(20)31-23(25)24-22(26)14-30-18-9-5-4-6-10-18/h4-11,13,20-21H,2-3,12,14-16H2,1H3. The van der Waals surface area contributed by atoms with Gasteiger partial charge in [-0.2, -0.15) is 4.99 Å². The van der Waals surface area contributed by atoms with Gasteiger partial charge in [0.2, 0.25) is 0 Å². The molecule has 2 fully saturated rings. The third kappa shape index (κ3) is 5.45. The van der Waals surface area contributed by atoms with Gasteiger partial charge in [0.05, 0.1) is 24.2 Å². The first-order valence-corrected chi connectivity index (χ1v) is 13.3. The van der Waals surface area contributed by atoms with E-state index in [9.17, 15) is 13.2 Å². The number of benzene rings is 2. The molecule has 2 unspecified atom stereocenters. The van der Waals surface area contributed by atoms with Crippen LogP contribution in [-0.2, 0) is 14.6 Å². The van der Waals surface area contributed by atoms with Crippen LogP contribution in [0, 0.1) is 0 Å². The zero-order valence-corrected chi connectivity index (χ0v) is 19.5. The Bertz CT molecular complexity index is 1090. The second-order valence-corrected chi connectivity index (χ2v) is 11.1. The highest BCUT2D eigenvalue weighted by Crippen LogP contribution is 2.41. The van der Waals surface area contributed by atoms with Gasteiger partial charge in [0.25, 0.3) is 5.91 Å². The molecule has 2 atom stereocenters. The number of carbonyl (C=O) groups excluding carboxylic acids is 1. The Morgan fingerprint density at radius 2 is 1.88 bits per heavy atom. The van der Waals surface area contributed by atoms with Crippen molar-refractivity contribution in [2.45, 2.75) is 31.1 Å². The Morgan fingerprint density at radius 3 is 2.66 bits per heavy atom. The van der Waals surface area contributed by atoms with Gasteiger partial charge in [-0.15, -0.1) is 0 Å². The van der Waals surface area contributed by atoms with Gasteiger partial charge in [-0.1, -0.05) is 49.4 Å². The molecule has 2 aromatic rings. The number of amides is 1. The minimum Gasteiger partial charge on any atom is -0.494 e. The number of hydrogen-bond donors (Lipinski definition) is 0. The van der Waals surface area contributed by atoms with Crippen LogP contribution < -0.4 is 14.4 Å². The number of hydrogen-bond acceptors (Lipinski definition) is 6. The van der Waals surface area contributed by atoms with Crippen molar-refractivity contribution in [1.29, 1.82) is 0 Å². The number of unbranched alkanes of at least 4 members (excludes halogenated alkanes) is 1. The summed E-state index contributed by atoms with van der Waals surface area (Å²) in [5, 5.41) is 0.341. The lowest BCUT2D eigenvalue weighted by molar-refractivity contribution is -0.119. The van der Waals surface area contributed by atoms with E-state index in [1.807, 2.05) is 47.4 Å². The van der Waals surface area contributed by atoms with E-state index in [-0.39, 0.29) is 29.4 Å². The molecule has 2 aliphatic heterocycles. The van der Waals surface area contributed by atoms with Crippen molar-refractivity contribution in [2.24, 2.45) is 4.99 Å². The average Bonchev–Trinajstić information content (AvgIpc) is 3.24. The number of anilines is 1. The second kappa shape index (κ2) is 9.95. The van der Waals surface area contributed by atoms with Crippen LogP contribution in [-0.4, -0.2) is 55.5 Å². The topological polar surface area (TPSA) is 85.3 Å². The van der Waals surface area contributed by atoms with Crippen molar-refractivity contribution in [2.75, 3.05) is 29.6 Å². The fourth-order valence-electron chi connectivity index (χ4n) is 3.72. The third-order valence-corrected chi connectivity index (χ3v) is 8.46. The molecule has 0 N–H and O–H groups in total. The molecular weight excluding hydrogens is 448 g/mol. The van der Waals surface area contributed by atoms with E-state index in [0.717, 1.165) is 18.5 Å². The van der Waals surface area contributed by atoms with Crippen molar-refractivity contribution in [3.05, 3.63) is 54.6 Å². The molecular formula is C23H26N2O5S2. The molecule has 0 radical (unpaired) electrons. The molecule has 7 nitrogen and oxygen atoms in total. The molecule has 0 aliphatic carbocycles. The normalized spacial score (nSPS) is 22.7. The summed E-state index contributed by atoms with van der Waals surface area (Å²) in [6, 6.07) is 16.3. The first-order valence-electron chi connectivity index (χ1n) is 10.6. The maximum Gasteiger partial charge on any atom is 0.285 e. The number of fused-ring (bicyclic) bond motifs is 1. The Labute approximate surface area is 192 Å². The zero-order valence-electron chi connectivity index (χ0n) is 17.8. The molecule has 2 saturated heterocycles. The molecule has 2 aliphatic rings. The molecule has 2 aromatic carbocycles. The number of rotatable bonds is 8. The molecule has 32 heavy (non-hydrogen) atoms.